The zero-order valence-corrected chi connectivity index (χ0v) is 22.2. The number of hydrogen-bond donors (Lipinski definition) is 5. The molecule has 200 valence electrons. The minimum absolute atomic E-state index is 0.245. The molecule has 0 amide bonds. The number of ether oxygens (including phenoxy) is 4. The van der Waals surface area contributed by atoms with Crippen LogP contribution in [0.2, 0.25) is 0 Å². The fourth-order valence-corrected chi connectivity index (χ4v) is 6.77. The maximum Gasteiger partial charge on any atom is 0.186 e. The third-order valence-corrected chi connectivity index (χ3v) is 8.43. The lowest BCUT2D eigenvalue weighted by atomic mass is 9.83. The van der Waals surface area contributed by atoms with Gasteiger partial charge in [-0.25, -0.2) is 0 Å². The summed E-state index contributed by atoms with van der Waals surface area (Å²) in [5.74, 6) is -0.245. The van der Waals surface area contributed by atoms with Gasteiger partial charge in [-0.15, -0.1) is 17.2 Å². The Labute approximate surface area is 205 Å². The largest absolute Gasteiger partial charge is 0.394 e. The number of hydrogen-bond acceptors (Lipinski definition) is 10. The third-order valence-electron chi connectivity index (χ3n) is 6.91. The first-order chi connectivity index (χ1) is 16.4. The standard InChI is InChI=1S/C22H43NO9P2/c1-33-11-23(12-34-2)8-5-7-14-13-6-3-4-9-29-21-19(28)17(26)20(15(10-24)31-21)32-22(30-14)18(27)16(13)25/h13-22,24-28,33-34H,3-12H2,1-2H3. The Bertz CT molecular complexity index is 587. The van der Waals surface area contributed by atoms with Gasteiger partial charge in [-0.2, -0.15) is 0 Å². The van der Waals surface area contributed by atoms with Crippen LogP contribution in [0.3, 0.4) is 0 Å². The van der Waals surface area contributed by atoms with Crippen LogP contribution in [0.1, 0.15) is 32.1 Å². The first-order valence-corrected chi connectivity index (χ1v) is 15.7. The molecule has 6 aliphatic rings. The Hall–Kier alpha value is 0.460. The minimum atomic E-state index is -1.42. The highest BCUT2D eigenvalue weighted by molar-refractivity contribution is 7.37. The maximum absolute atomic E-state index is 11.0. The average molecular weight is 528 g/mol. The van der Waals surface area contributed by atoms with Crippen LogP contribution in [0.25, 0.3) is 0 Å². The zero-order valence-electron chi connectivity index (χ0n) is 20.2. The molecule has 6 fully saturated rings. The van der Waals surface area contributed by atoms with Crippen molar-refractivity contribution in [3.8, 4) is 0 Å². The second-order valence-corrected chi connectivity index (χ2v) is 11.5. The van der Waals surface area contributed by atoms with Gasteiger partial charge < -0.3 is 44.5 Å². The number of rotatable bonds is 9. The summed E-state index contributed by atoms with van der Waals surface area (Å²) < 4.78 is 23.4. The molecule has 0 aromatic heterocycles. The van der Waals surface area contributed by atoms with Crippen molar-refractivity contribution in [2.45, 2.75) is 87.4 Å². The summed E-state index contributed by atoms with van der Waals surface area (Å²) >= 11 is 0. The summed E-state index contributed by atoms with van der Waals surface area (Å²) in [7, 11) is 1.73. The van der Waals surface area contributed by atoms with Gasteiger partial charge in [0.2, 0.25) is 0 Å². The normalized spacial score (nSPS) is 42.4. The lowest BCUT2D eigenvalue weighted by Gasteiger charge is -2.47. The van der Waals surface area contributed by atoms with E-state index in [9.17, 15) is 25.5 Å². The molecule has 0 saturated carbocycles. The second-order valence-electron chi connectivity index (χ2n) is 9.42. The highest BCUT2D eigenvalue weighted by atomic mass is 31.1. The molecule has 6 saturated heterocycles. The molecule has 10 nitrogen and oxygen atoms in total. The second kappa shape index (κ2) is 14.4. The van der Waals surface area contributed by atoms with E-state index >= 15 is 0 Å². The molecular weight excluding hydrogens is 484 g/mol. The van der Waals surface area contributed by atoms with Crippen LogP contribution in [0.5, 0.6) is 0 Å². The van der Waals surface area contributed by atoms with Crippen molar-refractivity contribution in [2.24, 2.45) is 5.92 Å². The van der Waals surface area contributed by atoms with Crippen LogP contribution in [-0.2, 0) is 18.9 Å². The van der Waals surface area contributed by atoms with Crippen LogP contribution in [0, 0.1) is 5.92 Å². The van der Waals surface area contributed by atoms with E-state index in [1.807, 2.05) is 0 Å². The number of nitrogens with zero attached hydrogens (tertiary/aromatic N) is 1. The van der Waals surface area contributed by atoms with Crippen LogP contribution in [0.15, 0.2) is 0 Å². The topological polar surface area (TPSA) is 141 Å². The molecule has 0 aliphatic carbocycles. The highest BCUT2D eigenvalue weighted by Gasteiger charge is 2.50. The van der Waals surface area contributed by atoms with Gasteiger partial charge in [-0.3, -0.25) is 4.90 Å². The summed E-state index contributed by atoms with van der Waals surface area (Å²) in [5, 5.41) is 52.8. The predicted molar refractivity (Wildman–Crippen MR) is 131 cm³/mol. The first-order valence-electron chi connectivity index (χ1n) is 12.3. The van der Waals surface area contributed by atoms with Gasteiger partial charge in [0.1, 0.15) is 30.5 Å². The summed E-state index contributed by atoms with van der Waals surface area (Å²) in [6.07, 6.45) is -4.11. The SMILES string of the molecule is CPCN(CCCC1OC2OC3C(CO)OC(OCCCCC1C(O)C2O)C(O)C3O)CPC. The van der Waals surface area contributed by atoms with Gasteiger partial charge in [0.25, 0.3) is 0 Å². The van der Waals surface area contributed by atoms with Gasteiger partial charge in [0.15, 0.2) is 12.6 Å². The van der Waals surface area contributed by atoms with Gasteiger partial charge in [0, 0.05) is 25.1 Å². The molecule has 6 rings (SSSR count). The molecule has 0 aromatic carbocycles. The molecule has 12 atom stereocenters. The Balaban J connectivity index is 1.75. The minimum Gasteiger partial charge on any atom is -0.394 e. The number of aliphatic hydroxyl groups is 5. The van der Waals surface area contributed by atoms with E-state index in [-0.39, 0.29) is 12.0 Å². The van der Waals surface area contributed by atoms with Crippen molar-refractivity contribution in [2.75, 3.05) is 45.7 Å². The molecule has 0 radical (unpaired) electrons. The van der Waals surface area contributed by atoms with Crippen molar-refractivity contribution in [1.29, 1.82) is 0 Å². The zero-order chi connectivity index (χ0) is 24.7. The third kappa shape index (κ3) is 7.27. The van der Waals surface area contributed by atoms with Crippen molar-refractivity contribution < 1.29 is 44.5 Å². The first kappa shape index (κ1) is 29.0. The van der Waals surface area contributed by atoms with E-state index in [0.29, 0.717) is 25.9 Å². The van der Waals surface area contributed by atoms with Gasteiger partial charge in [-0.05, 0) is 45.6 Å². The Morgan fingerprint density at radius 1 is 0.824 bits per heavy atom. The fraction of sp³-hybridized carbons (Fsp3) is 1.00. The lowest BCUT2D eigenvalue weighted by molar-refractivity contribution is -0.356. The Morgan fingerprint density at radius 2 is 1.50 bits per heavy atom. The van der Waals surface area contributed by atoms with E-state index < -0.39 is 55.8 Å². The van der Waals surface area contributed by atoms with Crippen LogP contribution in [0.4, 0.5) is 0 Å². The van der Waals surface area contributed by atoms with E-state index in [1.165, 1.54) is 0 Å². The van der Waals surface area contributed by atoms with Gasteiger partial charge in [-0.1, -0.05) is 6.42 Å². The van der Waals surface area contributed by atoms with Gasteiger partial charge >= 0.3 is 0 Å². The van der Waals surface area contributed by atoms with Crippen LogP contribution >= 0.6 is 17.2 Å². The molecule has 0 spiro atoms. The van der Waals surface area contributed by atoms with Crippen molar-refractivity contribution in [3.05, 3.63) is 0 Å². The van der Waals surface area contributed by atoms with Gasteiger partial charge in [0.05, 0.1) is 18.8 Å². The predicted octanol–water partition coefficient (Wildman–Crippen LogP) is -0.312. The van der Waals surface area contributed by atoms with Crippen LogP contribution in [-0.4, -0.2) is 131 Å². The molecule has 12 heteroatoms. The molecule has 4 bridgehead atoms. The molecule has 6 aliphatic heterocycles. The van der Waals surface area contributed by atoms with E-state index in [4.69, 9.17) is 18.9 Å². The van der Waals surface area contributed by atoms with E-state index in [1.54, 1.807) is 0 Å². The lowest BCUT2D eigenvalue weighted by Crippen LogP contribution is -2.63. The summed E-state index contributed by atoms with van der Waals surface area (Å²) in [6.45, 7) is 5.17. The van der Waals surface area contributed by atoms with Crippen molar-refractivity contribution >= 4 is 17.2 Å². The van der Waals surface area contributed by atoms with E-state index in [2.05, 4.69) is 18.2 Å². The van der Waals surface area contributed by atoms with Crippen LogP contribution < -0.4 is 0 Å². The smallest absolute Gasteiger partial charge is 0.186 e. The molecular formula is C22H43NO9P2. The summed E-state index contributed by atoms with van der Waals surface area (Å²) in [6, 6.07) is 0. The molecule has 34 heavy (non-hydrogen) atoms. The molecule has 12 unspecified atom stereocenters. The maximum atomic E-state index is 11.0. The van der Waals surface area contributed by atoms with Crippen molar-refractivity contribution in [1.82, 2.24) is 4.90 Å². The monoisotopic (exact) mass is 527 g/mol. The number of aliphatic hydroxyl groups excluding tert-OH is 5. The highest BCUT2D eigenvalue weighted by Crippen LogP contribution is 2.36. The average Bonchev–Trinajstić information content (AvgIpc) is 2.82. The Morgan fingerprint density at radius 3 is 2.18 bits per heavy atom. The molecule has 0 aromatic rings. The Kier molecular flexibility index (Phi) is 12.3. The van der Waals surface area contributed by atoms with Crippen molar-refractivity contribution in [3.63, 3.8) is 0 Å². The fourth-order valence-electron chi connectivity index (χ4n) is 5.11. The summed E-state index contributed by atoms with van der Waals surface area (Å²) in [5.41, 5.74) is 0. The quantitative estimate of drug-likeness (QED) is 0.254. The summed E-state index contributed by atoms with van der Waals surface area (Å²) in [4.78, 5) is 2.46. The molecule has 5 N–H and O–H groups in total. The van der Waals surface area contributed by atoms with E-state index in [0.717, 1.165) is 49.1 Å². The molecule has 6 heterocycles.